The maximum atomic E-state index is 11.3. The molecular weight excluding hydrogens is 251 g/mol. The fraction of sp³-hybridized carbons (Fsp3) is 0.300. The van der Waals surface area contributed by atoms with E-state index in [1.54, 1.807) is 18.2 Å². The number of rotatable bonds is 4. The average Bonchev–Trinajstić information content (AvgIpc) is 2.23. The second kappa shape index (κ2) is 6.58. The Morgan fingerprint density at radius 2 is 2.12 bits per heavy atom. The lowest BCUT2D eigenvalue weighted by Crippen LogP contribution is -2.30. The molecule has 0 saturated carbocycles. The first kappa shape index (κ1) is 13.1. The predicted octanol–water partition coefficient (Wildman–Crippen LogP) is 2.50. The van der Waals surface area contributed by atoms with Gasteiger partial charge >= 0.3 is 6.03 Å². The van der Waals surface area contributed by atoms with Crippen LogP contribution >= 0.6 is 23.2 Å². The number of aliphatic hydroxyl groups excluding tert-OH is 1. The standard InChI is InChI=1S/C10H12Cl2N2O2/c11-7-2-3-9(8(12)6-7)14-10(16)13-4-1-5-15/h2-3,6,15H,1,4-5H2,(H2,13,14,16). The van der Waals surface area contributed by atoms with Crippen LogP contribution in [0.3, 0.4) is 0 Å². The predicted molar refractivity (Wildman–Crippen MR) is 65.2 cm³/mol. The van der Waals surface area contributed by atoms with E-state index in [-0.39, 0.29) is 12.6 Å². The Labute approximate surface area is 104 Å². The molecule has 0 aliphatic carbocycles. The summed E-state index contributed by atoms with van der Waals surface area (Å²) < 4.78 is 0. The Bertz CT molecular complexity index is 372. The lowest BCUT2D eigenvalue weighted by Gasteiger charge is -2.08. The summed E-state index contributed by atoms with van der Waals surface area (Å²) >= 11 is 11.6. The van der Waals surface area contributed by atoms with Crippen LogP contribution in [0.4, 0.5) is 10.5 Å². The van der Waals surface area contributed by atoms with Crippen LogP contribution in [0.2, 0.25) is 10.0 Å². The minimum absolute atomic E-state index is 0.0436. The van der Waals surface area contributed by atoms with Gasteiger partial charge in [0.15, 0.2) is 0 Å². The maximum absolute atomic E-state index is 11.3. The highest BCUT2D eigenvalue weighted by Gasteiger charge is 2.05. The van der Waals surface area contributed by atoms with Gasteiger partial charge in [-0.25, -0.2) is 4.79 Å². The number of carbonyl (C=O) groups excluding carboxylic acids is 1. The Morgan fingerprint density at radius 1 is 1.38 bits per heavy atom. The molecule has 3 N–H and O–H groups in total. The number of urea groups is 1. The van der Waals surface area contributed by atoms with Gasteiger partial charge in [-0.1, -0.05) is 23.2 Å². The summed E-state index contributed by atoms with van der Waals surface area (Å²) in [7, 11) is 0. The first-order valence-corrected chi connectivity index (χ1v) is 5.50. The SMILES string of the molecule is O=C(NCCCO)Nc1ccc(Cl)cc1Cl. The van der Waals surface area contributed by atoms with E-state index >= 15 is 0 Å². The highest BCUT2D eigenvalue weighted by atomic mass is 35.5. The summed E-state index contributed by atoms with van der Waals surface area (Å²) in [5.74, 6) is 0. The molecule has 6 heteroatoms. The van der Waals surface area contributed by atoms with Gasteiger partial charge in [0.1, 0.15) is 0 Å². The molecule has 1 aromatic carbocycles. The molecule has 88 valence electrons. The van der Waals surface area contributed by atoms with E-state index < -0.39 is 0 Å². The lowest BCUT2D eigenvalue weighted by molar-refractivity contribution is 0.249. The number of carbonyl (C=O) groups is 1. The van der Waals surface area contributed by atoms with Crippen molar-refractivity contribution in [1.29, 1.82) is 0 Å². The summed E-state index contributed by atoms with van der Waals surface area (Å²) in [5.41, 5.74) is 0.493. The van der Waals surface area contributed by atoms with Gasteiger partial charge in [-0.15, -0.1) is 0 Å². The van der Waals surface area contributed by atoms with Crippen molar-refractivity contribution in [2.24, 2.45) is 0 Å². The van der Waals surface area contributed by atoms with Gasteiger partial charge < -0.3 is 15.7 Å². The van der Waals surface area contributed by atoms with E-state index in [4.69, 9.17) is 28.3 Å². The molecule has 0 aliphatic rings. The van der Waals surface area contributed by atoms with Gasteiger partial charge in [0.25, 0.3) is 0 Å². The van der Waals surface area contributed by atoms with E-state index in [2.05, 4.69) is 10.6 Å². The number of benzene rings is 1. The number of aliphatic hydroxyl groups is 1. The molecule has 0 bridgehead atoms. The second-order valence-corrected chi connectivity index (χ2v) is 3.93. The van der Waals surface area contributed by atoms with Gasteiger partial charge in [-0.2, -0.15) is 0 Å². The van der Waals surface area contributed by atoms with Crippen molar-refractivity contribution in [1.82, 2.24) is 5.32 Å². The van der Waals surface area contributed by atoms with Crippen LogP contribution < -0.4 is 10.6 Å². The monoisotopic (exact) mass is 262 g/mol. The summed E-state index contributed by atoms with van der Waals surface area (Å²) in [6, 6.07) is 4.44. The highest BCUT2D eigenvalue weighted by molar-refractivity contribution is 6.36. The second-order valence-electron chi connectivity index (χ2n) is 3.08. The Kier molecular flexibility index (Phi) is 5.38. The van der Waals surface area contributed by atoms with Gasteiger partial charge in [-0.05, 0) is 24.6 Å². The smallest absolute Gasteiger partial charge is 0.319 e. The largest absolute Gasteiger partial charge is 0.396 e. The topological polar surface area (TPSA) is 61.4 Å². The molecule has 4 nitrogen and oxygen atoms in total. The van der Waals surface area contributed by atoms with Gasteiger partial charge in [-0.3, -0.25) is 0 Å². The first-order valence-electron chi connectivity index (χ1n) is 4.74. The Morgan fingerprint density at radius 3 is 2.75 bits per heavy atom. The highest BCUT2D eigenvalue weighted by Crippen LogP contribution is 2.25. The maximum Gasteiger partial charge on any atom is 0.319 e. The Hall–Kier alpha value is -0.970. The fourth-order valence-electron chi connectivity index (χ4n) is 1.04. The normalized spacial score (nSPS) is 9.94. The van der Waals surface area contributed by atoms with E-state index in [1.165, 1.54) is 0 Å². The number of nitrogens with one attached hydrogen (secondary N) is 2. The minimum atomic E-state index is -0.363. The zero-order chi connectivity index (χ0) is 12.0. The van der Waals surface area contributed by atoms with Gasteiger partial charge in [0.2, 0.25) is 0 Å². The number of amides is 2. The summed E-state index contributed by atoms with van der Waals surface area (Å²) in [5, 5.41) is 14.6. The zero-order valence-corrected chi connectivity index (χ0v) is 9.98. The van der Waals surface area contributed by atoms with Crippen LogP contribution in [0.1, 0.15) is 6.42 Å². The molecule has 0 aromatic heterocycles. The van der Waals surface area contributed by atoms with Crippen molar-refractivity contribution in [3.8, 4) is 0 Å². The van der Waals surface area contributed by atoms with Gasteiger partial charge in [0.05, 0.1) is 10.7 Å². The van der Waals surface area contributed by atoms with E-state index in [9.17, 15) is 4.79 Å². The van der Waals surface area contributed by atoms with E-state index in [0.29, 0.717) is 28.7 Å². The number of hydrogen-bond donors (Lipinski definition) is 3. The number of hydrogen-bond acceptors (Lipinski definition) is 2. The molecule has 1 aromatic rings. The van der Waals surface area contributed by atoms with Crippen molar-refractivity contribution >= 4 is 34.9 Å². The van der Waals surface area contributed by atoms with Crippen LogP contribution in [0.5, 0.6) is 0 Å². The third-order valence-electron chi connectivity index (χ3n) is 1.80. The molecule has 0 radical (unpaired) electrons. The average molecular weight is 263 g/mol. The lowest BCUT2D eigenvalue weighted by atomic mass is 10.3. The molecule has 0 spiro atoms. The van der Waals surface area contributed by atoms with Crippen LogP contribution in [0, 0.1) is 0 Å². The molecule has 0 saturated heterocycles. The summed E-state index contributed by atoms with van der Waals surface area (Å²) in [4.78, 5) is 11.3. The Balaban J connectivity index is 2.49. The van der Waals surface area contributed by atoms with E-state index in [1.807, 2.05) is 0 Å². The zero-order valence-electron chi connectivity index (χ0n) is 8.46. The minimum Gasteiger partial charge on any atom is -0.396 e. The molecular formula is C10H12Cl2N2O2. The third kappa shape index (κ3) is 4.26. The molecule has 16 heavy (non-hydrogen) atoms. The van der Waals surface area contributed by atoms with Crippen molar-refractivity contribution in [3.63, 3.8) is 0 Å². The van der Waals surface area contributed by atoms with Crippen LogP contribution in [0.15, 0.2) is 18.2 Å². The molecule has 0 aliphatic heterocycles. The fourth-order valence-corrected chi connectivity index (χ4v) is 1.49. The van der Waals surface area contributed by atoms with Crippen molar-refractivity contribution in [2.45, 2.75) is 6.42 Å². The first-order chi connectivity index (χ1) is 7.63. The summed E-state index contributed by atoms with van der Waals surface area (Å²) in [6.45, 7) is 0.454. The van der Waals surface area contributed by atoms with Crippen LogP contribution in [-0.4, -0.2) is 24.3 Å². The van der Waals surface area contributed by atoms with E-state index in [0.717, 1.165) is 0 Å². The third-order valence-corrected chi connectivity index (χ3v) is 2.35. The molecule has 2 amide bonds. The van der Waals surface area contributed by atoms with Crippen molar-refractivity contribution < 1.29 is 9.90 Å². The molecule has 0 heterocycles. The van der Waals surface area contributed by atoms with Crippen molar-refractivity contribution in [3.05, 3.63) is 28.2 Å². The van der Waals surface area contributed by atoms with Crippen LogP contribution in [0.25, 0.3) is 0 Å². The molecule has 0 atom stereocenters. The molecule has 0 unspecified atom stereocenters. The van der Waals surface area contributed by atoms with Gasteiger partial charge in [0, 0.05) is 18.2 Å². The van der Waals surface area contributed by atoms with Crippen molar-refractivity contribution in [2.75, 3.05) is 18.5 Å². The number of halogens is 2. The summed E-state index contributed by atoms with van der Waals surface area (Å²) in [6.07, 6.45) is 0.516. The quantitative estimate of drug-likeness (QED) is 0.731. The molecule has 0 fully saturated rings. The van der Waals surface area contributed by atoms with Crippen LogP contribution in [-0.2, 0) is 0 Å². The number of anilines is 1. The molecule has 1 rings (SSSR count).